The highest BCUT2D eigenvalue weighted by molar-refractivity contribution is 5.98. The van der Waals surface area contributed by atoms with Crippen LogP contribution in [0.1, 0.15) is 6.92 Å². The molecule has 0 unspecified atom stereocenters. The molecule has 0 saturated heterocycles. The van der Waals surface area contributed by atoms with Crippen LogP contribution in [0.25, 0.3) is 11.1 Å². The number of nitrogens with one attached hydrogen (secondary N) is 1. The van der Waals surface area contributed by atoms with E-state index >= 15 is 0 Å². The normalized spacial score (nSPS) is 11.5. The smallest absolute Gasteiger partial charge is 0.326 e. The summed E-state index contributed by atoms with van der Waals surface area (Å²) in [5.74, 6) is -1.11. The number of esters is 1. The quantitative estimate of drug-likeness (QED) is 0.671. The number of anilines is 1. The second-order valence-electron chi connectivity index (χ2n) is 6.20. The molecule has 3 aromatic rings. The molecule has 0 aliphatic rings. The van der Waals surface area contributed by atoms with Crippen molar-refractivity contribution in [3.63, 3.8) is 0 Å². The average Bonchev–Trinajstić information content (AvgIpc) is 2.70. The number of para-hydroxylation sites is 1. The molecule has 28 heavy (non-hydrogen) atoms. The number of pyridine rings is 1. The lowest BCUT2D eigenvalue weighted by atomic mass is 10.0. The van der Waals surface area contributed by atoms with E-state index in [1.165, 1.54) is 23.8 Å². The molecule has 6 nitrogen and oxygen atoms in total. The SMILES string of the molecule is C[C@H](OC(=O)Cn1ccccc1=O)C(=O)Nc1ccccc1-c1ccccc1. The maximum atomic E-state index is 12.5. The Morgan fingerprint density at radius 3 is 2.39 bits per heavy atom. The maximum absolute atomic E-state index is 12.5. The molecule has 2 aromatic carbocycles. The highest BCUT2D eigenvalue weighted by Crippen LogP contribution is 2.27. The predicted octanol–water partition coefficient (Wildman–Crippen LogP) is 3.09. The van der Waals surface area contributed by atoms with Crippen LogP contribution in [0.5, 0.6) is 0 Å². The molecule has 1 N–H and O–H groups in total. The molecule has 0 spiro atoms. The van der Waals surface area contributed by atoms with Crippen LogP contribution in [0.4, 0.5) is 5.69 Å². The summed E-state index contributed by atoms with van der Waals surface area (Å²) in [7, 11) is 0. The summed E-state index contributed by atoms with van der Waals surface area (Å²) in [5.41, 5.74) is 2.14. The summed E-state index contributed by atoms with van der Waals surface area (Å²) in [6, 6.07) is 21.6. The first-order chi connectivity index (χ1) is 13.5. The van der Waals surface area contributed by atoms with Crippen molar-refractivity contribution in [1.29, 1.82) is 0 Å². The molecule has 0 fully saturated rings. The molecule has 1 aromatic heterocycles. The summed E-state index contributed by atoms with van der Waals surface area (Å²) in [6.07, 6.45) is 0.487. The standard InChI is InChI=1S/C22H20N2O4/c1-16(28-21(26)15-24-14-8-7-13-20(24)25)22(27)23-19-12-6-5-11-18(19)17-9-3-2-4-10-17/h2-14,16H,15H2,1H3,(H,23,27)/t16-/m0/s1. The van der Waals surface area contributed by atoms with Gasteiger partial charge in [-0.25, -0.2) is 0 Å². The Kier molecular flexibility index (Phi) is 6.01. The highest BCUT2D eigenvalue weighted by atomic mass is 16.5. The second-order valence-corrected chi connectivity index (χ2v) is 6.20. The summed E-state index contributed by atoms with van der Waals surface area (Å²) in [6.45, 7) is 1.24. The van der Waals surface area contributed by atoms with Gasteiger partial charge in [0.2, 0.25) is 0 Å². The maximum Gasteiger partial charge on any atom is 0.326 e. The number of benzene rings is 2. The molecule has 0 aliphatic carbocycles. The van der Waals surface area contributed by atoms with Crippen molar-refractivity contribution in [3.8, 4) is 11.1 Å². The van der Waals surface area contributed by atoms with E-state index in [1.807, 2.05) is 48.5 Å². The van der Waals surface area contributed by atoms with Gasteiger partial charge in [-0.05, 0) is 24.6 Å². The van der Waals surface area contributed by atoms with Crippen LogP contribution in [0.3, 0.4) is 0 Å². The molecule has 3 rings (SSSR count). The van der Waals surface area contributed by atoms with Gasteiger partial charge in [0.15, 0.2) is 6.10 Å². The van der Waals surface area contributed by atoms with E-state index in [1.54, 1.807) is 18.2 Å². The molecular formula is C22H20N2O4. The van der Waals surface area contributed by atoms with Gasteiger partial charge in [-0.3, -0.25) is 14.4 Å². The van der Waals surface area contributed by atoms with Crippen LogP contribution in [-0.4, -0.2) is 22.5 Å². The first-order valence-electron chi connectivity index (χ1n) is 8.85. The van der Waals surface area contributed by atoms with Crippen LogP contribution in [-0.2, 0) is 20.9 Å². The van der Waals surface area contributed by atoms with Gasteiger partial charge < -0.3 is 14.6 Å². The van der Waals surface area contributed by atoms with Gasteiger partial charge in [0.05, 0.1) is 0 Å². The number of ether oxygens (including phenoxy) is 1. The van der Waals surface area contributed by atoms with E-state index in [0.29, 0.717) is 5.69 Å². The monoisotopic (exact) mass is 376 g/mol. The van der Waals surface area contributed by atoms with Crippen molar-refractivity contribution in [2.24, 2.45) is 0 Å². The number of nitrogens with zero attached hydrogens (tertiary/aromatic N) is 1. The molecule has 0 radical (unpaired) electrons. The summed E-state index contributed by atoms with van der Waals surface area (Å²) in [4.78, 5) is 36.2. The lowest BCUT2D eigenvalue weighted by Crippen LogP contribution is -2.32. The van der Waals surface area contributed by atoms with Gasteiger partial charge in [-0.15, -0.1) is 0 Å². The first-order valence-corrected chi connectivity index (χ1v) is 8.85. The minimum absolute atomic E-state index is 0.252. The third-order valence-corrected chi connectivity index (χ3v) is 4.15. The van der Waals surface area contributed by atoms with Crippen LogP contribution in [0.15, 0.2) is 83.8 Å². The van der Waals surface area contributed by atoms with Crippen molar-refractivity contribution in [3.05, 3.63) is 89.3 Å². The van der Waals surface area contributed by atoms with E-state index in [4.69, 9.17) is 4.74 Å². The molecule has 1 heterocycles. The van der Waals surface area contributed by atoms with Crippen molar-refractivity contribution in [2.45, 2.75) is 19.6 Å². The number of carbonyl (C=O) groups excluding carboxylic acids is 2. The van der Waals surface area contributed by atoms with E-state index in [2.05, 4.69) is 5.32 Å². The lowest BCUT2D eigenvalue weighted by molar-refractivity contribution is -0.153. The van der Waals surface area contributed by atoms with Gasteiger partial charge in [0.1, 0.15) is 6.54 Å². The van der Waals surface area contributed by atoms with Gasteiger partial charge in [0, 0.05) is 23.5 Å². The Balaban J connectivity index is 1.66. The Morgan fingerprint density at radius 1 is 0.964 bits per heavy atom. The van der Waals surface area contributed by atoms with Gasteiger partial charge in [-0.2, -0.15) is 0 Å². The number of hydrogen-bond acceptors (Lipinski definition) is 4. The Hall–Kier alpha value is -3.67. The number of carbonyl (C=O) groups is 2. The summed E-state index contributed by atoms with van der Waals surface area (Å²) < 4.78 is 6.40. The van der Waals surface area contributed by atoms with E-state index in [9.17, 15) is 14.4 Å². The van der Waals surface area contributed by atoms with Crippen molar-refractivity contribution in [1.82, 2.24) is 4.57 Å². The van der Waals surface area contributed by atoms with Gasteiger partial charge in [-0.1, -0.05) is 54.6 Å². The molecule has 6 heteroatoms. The van der Waals surface area contributed by atoms with Crippen molar-refractivity contribution < 1.29 is 14.3 Å². The highest BCUT2D eigenvalue weighted by Gasteiger charge is 2.19. The zero-order chi connectivity index (χ0) is 19.9. The summed E-state index contributed by atoms with van der Waals surface area (Å²) >= 11 is 0. The van der Waals surface area contributed by atoms with Crippen LogP contribution < -0.4 is 10.9 Å². The molecule has 1 amide bonds. The zero-order valence-corrected chi connectivity index (χ0v) is 15.4. The minimum Gasteiger partial charge on any atom is -0.451 e. The fourth-order valence-electron chi connectivity index (χ4n) is 2.71. The lowest BCUT2D eigenvalue weighted by Gasteiger charge is -2.16. The number of aromatic nitrogens is 1. The van der Waals surface area contributed by atoms with Gasteiger partial charge >= 0.3 is 5.97 Å². The minimum atomic E-state index is -1.00. The molecule has 1 atom stereocenters. The largest absolute Gasteiger partial charge is 0.451 e. The Bertz CT molecular complexity index is 1030. The molecule has 0 aliphatic heterocycles. The number of rotatable bonds is 6. The second kappa shape index (κ2) is 8.81. The molecular weight excluding hydrogens is 356 g/mol. The van der Waals surface area contributed by atoms with Crippen molar-refractivity contribution in [2.75, 3.05) is 5.32 Å². The summed E-state index contributed by atoms with van der Waals surface area (Å²) in [5, 5.41) is 2.80. The third kappa shape index (κ3) is 4.73. The zero-order valence-electron chi connectivity index (χ0n) is 15.4. The molecule has 0 bridgehead atoms. The number of hydrogen-bond donors (Lipinski definition) is 1. The predicted molar refractivity (Wildman–Crippen MR) is 107 cm³/mol. The molecule has 0 saturated carbocycles. The number of amides is 1. The average molecular weight is 376 g/mol. The first kappa shape index (κ1) is 19.1. The third-order valence-electron chi connectivity index (χ3n) is 4.15. The Morgan fingerprint density at radius 2 is 1.64 bits per heavy atom. The fraction of sp³-hybridized carbons (Fsp3) is 0.136. The van der Waals surface area contributed by atoms with E-state index in [0.717, 1.165) is 11.1 Å². The van der Waals surface area contributed by atoms with E-state index < -0.39 is 18.0 Å². The van der Waals surface area contributed by atoms with Gasteiger partial charge in [0.25, 0.3) is 11.5 Å². The fourth-order valence-corrected chi connectivity index (χ4v) is 2.71. The van der Waals surface area contributed by atoms with Crippen LogP contribution in [0.2, 0.25) is 0 Å². The van der Waals surface area contributed by atoms with Crippen LogP contribution >= 0.6 is 0 Å². The Labute approximate surface area is 162 Å². The van der Waals surface area contributed by atoms with Crippen molar-refractivity contribution >= 4 is 17.6 Å². The van der Waals surface area contributed by atoms with E-state index in [-0.39, 0.29) is 12.1 Å². The van der Waals surface area contributed by atoms with Crippen LogP contribution in [0, 0.1) is 0 Å². The topological polar surface area (TPSA) is 77.4 Å². The molecule has 142 valence electrons.